The Morgan fingerprint density at radius 1 is 1.30 bits per heavy atom. The summed E-state index contributed by atoms with van der Waals surface area (Å²) in [7, 11) is 0. The first-order chi connectivity index (χ1) is 12.9. The molecule has 1 fully saturated rings. The van der Waals surface area contributed by atoms with E-state index in [1.807, 2.05) is 25.3 Å². The molecule has 1 amide bonds. The minimum atomic E-state index is -1.13. The lowest BCUT2D eigenvalue weighted by atomic mass is 10.1. The summed E-state index contributed by atoms with van der Waals surface area (Å²) in [5.41, 5.74) is 3.46. The number of halogens is 3. The van der Waals surface area contributed by atoms with Crippen LogP contribution in [0.15, 0.2) is 33.6 Å². The Labute approximate surface area is 169 Å². The number of rotatable bonds is 7. The molecule has 4 nitrogen and oxygen atoms in total. The summed E-state index contributed by atoms with van der Waals surface area (Å²) in [5, 5.41) is 2.86. The largest absolute Gasteiger partial charge is 0.352 e. The average molecular weight is 457 g/mol. The van der Waals surface area contributed by atoms with E-state index in [-0.39, 0.29) is 15.7 Å². The van der Waals surface area contributed by atoms with E-state index < -0.39 is 17.5 Å². The molecule has 0 radical (unpaired) electrons. The van der Waals surface area contributed by atoms with E-state index in [0.29, 0.717) is 18.2 Å². The highest BCUT2D eigenvalue weighted by Gasteiger charge is 2.24. The van der Waals surface area contributed by atoms with Gasteiger partial charge in [-0.25, -0.2) is 14.3 Å². The minimum absolute atomic E-state index is 0.0510. The molecule has 0 unspecified atom stereocenters. The first-order valence-corrected chi connectivity index (χ1v) is 10.4. The molecule has 0 aliphatic heterocycles. The third kappa shape index (κ3) is 4.80. The van der Waals surface area contributed by atoms with E-state index in [1.165, 1.54) is 6.07 Å². The van der Waals surface area contributed by atoms with Crippen molar-refractivity contribution in [3.05, 3.63) is 51.5 Å². The van der Waals surface area contributed by atoms with Crippen LogP contribution in [-0.4, -0.2) is 18.8 Å². The van der Waals surface area contributed by atoms with Gasteiger partial charge in [0.25, 0.3) is 5.91 Å². The number of aryl methyl sites for hydroxylation is 1. The second-order valence-corrected chi connectivity index (χ2v) is 8.13. The number of hydrogen-bond acceptors (Lipinski definition) is 4. The molecule has 2 aromatic rings. The van der Waals surface area contributed by atoms with Crippen molar-refractivity contribution in [1.29, 1.82) is 0 Å². The van der Waals surface area contributed by atoms with Gasteiger partial charge in [0.2, 0.25) is 0 Å². The van der Waals surface area contributed by atoms with Crippen LogP contribution in [0.4, 0.5) is 20.2 Å². The Morgan fingerprint density at radius 3 is 2.67 bits per heavy atom. The number of thioether (sulfide) groups is 1. The predicted octanol–water partition coefficient (Wildman–Crippen LogP) is 5.57. The highest BCUT2D eigenvalue weighted by atomic mass is 79.9. The summed E-state index contributed by atoms with van der Waals surface area (Å²) in [5.74, 6) is -2.38. The van der Waals surface area contributed by atoms with Gasteiger partial charge in [-0.3, -0.25) is 9.63 Å². The molecule has 0 bridgehead atoms. The van der Waals surface area contributed by atoms with E-state index in [4.69, 9.17) is 4.84 Å². The Bertz CT molecular complexity index is 875. The quantitative estimate of drug-likeness (QED) is 0.324. The van der Waals surface area contributed by atoms with Crippen LogP contribution in [0.3, 0.4) is 0 Å². The molecule has 0 spiro atoms. The fraction of sp³-hybridized carbons (Fsp3) is 0.316. The van der Waals surface area contributed by atoms with Crippen molar-refractivity contribution >= 4 is 45.0 Å². The number of nitrogens with one attached hydrogen (secondary N) is 2. The summed E-state index contributed by atoms with van der Waals surface area (Å²) < 4.78 is 28.6. The fourth-order valence-electron chi connectivity index (χ4n) is 2.50. The predicted molar refractivity (Wildman–Crippen MR) is 106 cm³/mol. The SMILES string of the molecule is CSc1ccc(Nc2c(C(=O)NOCC3CC3)cc(Br)c(F)c2F)c(C)c1. The zero-order chi connectivity index (χ0) is 19.6. The van der Waals surface area contributed by atoms with Crippen LogP contribution < -0.4 is 10.8 Å². The van der Waals surface area contributed by atoms with Gasteiger partial charge in [-0.1, -0.05) is 0 Å². The van der Waals surface area contributed by atoms with Crippen LogP contribution in [0.2, 0.25) is 0 Å². The average Bonchev–Trinajstić information content (AvgIpc) is 3.47. The molecule has 27 heavy (non-hydrogen) atoms. The molecule has 0 atom stereocenters. The van der Waals surface area contributed by atoms with Crippen molar-refractivity contribution in [1.82, 2.24) is 5.48 Å². The lowest BCUT2D eigenvalue weighted by Gasteiger charge is -2.16. The Morgan fingerprint density at radius 2 is 2.04 bits per heavy atom. The third-order valence-corrected chi connectivity index (χ3v) is 5.58. The minimum Gasteiger partial charge on any atom is -0.352 e. The molecule has 0 saturated heterocycles. The van der Waals surface area contributed by atoms with Gasteiger partial charge >= 0.3 is 0 Å². The molecule has 8 heteroatoms. The van der Waals surface area contributed by atoms with Crippen LogP contribution in [0.25, 0.3) is 0 Å². The first-order valence-electron chi connectivity index (χ1n) is 8.42. The summed E-state index contributed by atoms with van der Waals surface area (Å²) in [6.45, 7) is 2.27. The van der Waals surface area contributed by atoms with Gasteiger partial charge in [0, 0.05) is 10.6 Å². The summed E-state index contributed by atoms with van der Waals surface area (Å²) >= 11 is 4.53. The van der Waals surface area contributed by atoms with Crippen molar-refractivity contribution in [3.63, 3.8) is 0 Å². The van der Waals surface area contributed by atoms with E-state index in [9.17, 15) is 13.6 Å². The molecule has 1 aliphatic carbocycles. The van der Waals surface area contributed by atoms with Gasteiger partial charge in [0.1, 0.15) is 0 Å². The smallest absolute Gasteiger partial charge is 0.277 e. The summed E-state index contributed by atoms with van der Waals surface area (Å²) in [6.07, 6.45) is 4.10. The van der Waals surface area contributed by atoms with Crippen molar-refractivity contribution in [2.24, 2.45) is 5.92 Å². The summed E-state index contributed by atoms with van der Waals surface area (Å²) in [4.78, 5) is 18.7. The topological polar surface area (TPSA) is 50.4 Å². The molecule has 1 saturated carbocycles. The second-order valence-electron chi connectivity index (χ2n) is 6.40. The molecular weight excluding hydrogens is 438 g/mol. The van der Waals surface area contributed by atoms with Gasteiger partial charge in [0.05, 0.1) is 22.3 Å². The lowest BCUT2D eigenvalue weighted by Crippen LogP contribution is -2.26. The van der Waals surface area contributed by atoms with Crippen molar-refractivity contribution < 1.29 is 18.4 Å². The standard InChI is InChI=1S/C19H19BrF2N2O2S/c1-10-7-12(27-2)5-6-15(10)23-18-13(8-14(20)16(21)17(18)22)19(25)24-26-9-11-3-4-11/h5-8,11,23H,3-4,9H2,1-2H3,(H,24,25). The number of hydrogen-bond donors (Lipinski definition) is 2. The Balaban J connectivity index is 1.89. The van der Waals surface area contributed by atoms with Gasteiger partial charge in [-0.2, -0.15) is 0 Å². The van der Waals surface area contributed by atoms with Gasteiger partial charge in [-0.15, -0.1) is 11.8 Å². The number of carbonyl (C=O) groups excluding carboxylic acids is 1. The fourth-order valence-corrected chi connectivity index (χ4v) is 3.40. The monoisotopic (exact) mass is 456 g/mol. The van der Waals surface area contributed by atoms with Crippen LogP contribution in [-0.2, 0) is 4.84 Å². The first kappa shape index (κ1) is 20.1. The van der Waals surface area contributed by atoms with Crippen molar-refractivity contribution in [2.75, 3.05) is 18.2 Å². The molecule has 2 aromatic carbocycles. The number of benzene rings is 2. The molecule has 0 heterocycles. The van der Waals surface area contributed by atoms with Gasteiger partial charge in [0.15, 0.2) is 11.6 Å². The highest BCUT2D eigenvalue weighted by Crippen LogP contribution is 2.33. The van der Waals surface area contributed by atoms with E-state index >= 15 is 0 Å². The number of anilines is 2. The maximum absolute atomic E-state index is 14.6. The molecule has 144 valence electrons. The molecule has 1 aliphatic rings. The van der Waals surface area contributed by atoms with Crippen molar-refractivity contribution in [2.45, 2.75) is 24.7 Å². The Kier molecular flexibility index (Phi) is 6.39. The van der Waals surface area contributed by atoms with E-state index in [1.54, 1.807) is 17.8 Å². The Hall–Kier alpha value is -1.64. The second kappa shape index (κ2) is 8.58. The highest BCUT2D eigenvalue weighted by molar-refractivity contribution is 9.10. The van der Waals surface area contributed by atoms with Gasteiger partial charge in [-0.05, 0) is 77.7 Å². The van der Waals surface area contributed by atoms with Gasteiger partial charge < -0.3 is 5.32 Å². The summed E-state index contributed by atoms with van der Waals surface area (Å²) in [6, 6.07) is 6.80. The van der Waals surface area contributed by atoms with Crippen LogP contribution in [0.1, 0.15) is 28.8 Å². The van der Waals surface area contributed by atoms with Crippen LogP contribution in [0.5, 0.6) is 0 Å². The maximum atomic E-state index is 14.6. The maximum Gasteiger partial charge on any atom is 0.277 e. The molecular formula is C19H19BrF2N2O2S. The van der Waals surface area contributed by atoms with E-state index in [2.05, 4.69) is 26.7 Å². The molecule has 0 aromatic heterocycles. The van der Waals surface area contributed by atoms with Crippen molar-refractivity contribution in [3.8, 4) is 0 Å². The number of hydroxylamine groups is 1. The number of amides is 1. The number of carbonyl (C=O) groups is 1. The zero-order valence-corrected chi connectivity index (χ0v) is 17.3. The third-order valence-electron chi connectivity index (χ3n) is 4.28. The molecule has 3 rings (SSSR count). The van der Waals surface area contributed by atoms with Crippen LogP contribution >= 0.6 is 27.7 Å². The molecule has 2 N–H and O–H groups in total. The van der Waals surface area contributed by atoms with E-state index in [0.717, 1.165) is 23.3 Å². The lowest BCUT2D eigenvalue weighted by molar-refractivity contribution is 0.0270. The normalized spacial score (nSPS) is 13.5. The van der Waals surface area contributed by atoms with Crippen LogP contribution in [0, 0.1) is 24.5 Å². The zero-order valence-electron chi connectivity index (χ0n) is 14.9.